The van der Waals surface area contributed by atoms with Gasteiger partial charge in [0, 0.05) is 10.9 Å². The minimum absolute atomic E-state index is 0.277. The molecule has 144 valence electrons. The Bertz CT molecular complexity index is 905. The minimum Gasteiger partial charge on any atom is -0.457 e. The maximum atomic E-state index is 13.0. The van der Waals surface area contributed by atoms with Crippen molar-refractivity contribution in [3.63, 3.8) is 0 Å². The fraction of sp³-hybridized carbons (Fsp3) is 0.250. The second-order valence-corrected chi connectivity index (χ2v) is 7.65. The topological polar surface area (TPSA) is 18.5 Å². The molecule has 0 saturated heterocycles. The monoisotopic (exact) mass is 396 g/mol. The summed E-state index contributed by atoms with van der Waals surface area (Å²) in [5, 5.41) is 0.761. The molecule has 2 nitrogen and oxygen atoms in total. The molecule has 1 aliphatic rings. The second-order valence-electron chi connectivity index (χ2n) is 7.21. The van der Waals surface area contributed by atoms with Crippen molar-refractivity contribution in [3.05, 3.63) is 94.8 Å². The Labute approximate surface area is 169 Å². The Morgan fingerprint density at radius 1 is 0.929 bits per heavy atom. The van der Waals surface area contributed by atoms with Crippen LogP contribution in [0.4, 0.5) is 4.39 Å². The number of benzene rings is 3. The van der Waals surface area contributed by atoms with E-state index in [0.29, 0.717) is 36.5 Å². The second kappa shape index (κ2) is 8.76. The van der Waals surface area contributed by atoms with E-state index in [-0.39, 0.29) is 5.82 Å². The van der Waals surface area contributed by atoms with E-state index in [9.17, 15) is 4.39 Å². The molecule has 0 N–H and O–H groups in total. The third-order valence-electron chi connectivity index (χ3n) is 5.00. The van der Waals surface area contributed by atoms with Gasteiger partial charge < -0.3 is 9.47 Å². The van der Waals surface area contributed by atoms with Gasteiger partial charge in [-0.1, -0.05) is 35.9 Å². The van der Waals surface area contributed by atoms with Crippen molar-refractivity contribution in [3.8, 4) is 11.5 Å². The van der Waals surface area contributed by atoms with E-state index in [1.54, 1.807) is 12.1 Å². The highest BCUT2D eigenvalue weighted by molar-refractivity contribution is 6.30. The molecule has 0 spiro atoms. The van der Waals surface area contributed by atoms with Crippen molar-refractivity contribution < 1.29 is 13.9 Å². The molecule has 0 bridgehead atoms. The van der Waals surface area contributed by atoms with Crippen LogP contribution < -0.4 is 4.74 Å². The Morgan fingerprint density at radius 3 is 2.39 bits per heavy atom. The lowest BCUT2D eigenvalue weighted by molar-refractivity contribution is 0.102. The third kappa shape index (κ3) is 5.12. The smallest absolute Gasteiger partial charge is 0.127 e. The number of ether oxygens (including phenoxy) is 2. The summed E-state index contributed by atoms with van der Waals surface area (Å²) >= 11 is 6.01. The van der Waals surface area contributed by atoms with Gasteiger partial charge in [0.2, 0.25) is 0 Å². The van der Waals surface area contributed by atoms with Gasteiger partial charge in [0.1, 0.15) is 17.3 Å². The van der Waals surface area contributed by atoms with Crippen molar-refractivity contribution in [1.29, 1.82) is 0 Å². The average Bonchev–Trinajstić information content (AvgIpc) is 3.54. The van der Waals surface area contributed by atoms with Crippen LogP contribution >= 0.6 is 11.6 Å². The van der Waals surface area contributed by atoms with E-state index in [2.05, 4.69) is 12.1 Å². The van der Waals surface area contributed by atoms with Crippen LogP contribution in [0, 0.1) is 11.7 Å². The van der Waals surface area contributed by atoms with Crippen molar-refractivity contribution in [2.45, 2.75) is 25.4 Å². The minimum atomic E-state index is -0.277. The van der Waals surface area contributed by atoms with Gasteiger partial charge in [-0.05, 0) is 78.4 Å². The zero-order chi connectivity index (χ0) is 19.3. The molecule has 1 fully saturated rings. The molecule has 1 atom stereocenters. The molecule has 0 radical (unpaired) electrons. The predicted molar refractivity (Wildman–Crippen MR) is 109 cm³/mol. The highest BCUT2D eigenvalue weighted by atomic mass is 35.5. The first-order chi connectivity index (χ1) is 13.7. The molecule has 1 unspecified atom stereocenters. The van der Waals surface area contributed by atoms with E-state index in [4.69, 9.17) is 21.1 Å². The molecule has 3 aromatic carbocycles. The number of hydrogen-bond acceptors (Lipinski definition) is 2. The van der Waals surface area contributed by atoms with Crippen LogP contribution in [0.1, 0.15) is 29.9 Å². The summed E-state index contributed by atoms with van der Waals surface area (Å²) in [4.78, 5) is 0. The van der Waals surface area contributed by atoms with Crippen LogP contribution in [0.25, 0.3) is 0 Å². The van der Waals surface area contributed by atoms with Crippen LogP contribution in [0.2, 0.25) is 5.02 Å². The zero-order valence-corrected chi connectivity index (χ0v) is 16.2. The fourth-order valence-electron chi connectivity index (χ4n) is 3.35. The van der Waals surface area contributed by atoms with Gasteiger partial charge in [-0.15, -0.1) is 0 Å². The maximum absolute atomic E-state index is 13.0. The molecule has 1 saturated carbocycles. The van der Waals surface area contributed by atoms with E-state index in [0.717, 1.165) is 10.6 Å². The van der Waals surface area contributed by atoms with Crippen LogP contribution in [-0.2, 0) is 11.3 Å². The fourth-order valence-corrected chi connectivity index (χ4v) is 3.48. The Balaban J connectivity index is 1.35. The largest absolute Gasteiger partial charge is 0.457 e. The van der Waals surface area contributed by atoms with Crippen molar-refractivity contribution in [1.82, 2.24) is 0 Å². The average molecular weight is 397 g/mol. The zero-order valence-electron chi connectivity index (χ0n) is 15.5. The lowest BCUT2D eigenvalue weighted by Gasteiger charge is -2.17. The molecular weight excluding hydrogens is 375 g/mol. The number of hydrogen-bond donors (Lipinski definition) is 0. The Morgan fingerprint density at radius 2 is 1.68 bits per heavy atom. The van der Waals surface area contributed by atoms with Gasteiger partial charge >= 0.3 is 0 Å². The van der Waals surface area contributed by atoms with Gasteiger partial charge in [-0.3, -0.25) is 0 Å². The molecule has 28 heavy (non-hydrogen) atoms. The van der Waals surface area contributed by atoms with E-state index in [1.165, 1.54) is 30.5 Å². The summed E-state index contributed by atoms with van der Waals surface area (Å²) in [6, 6.07) is 21.9. The summed E-state index contributed by atoms with van der Waals surface area (Å²) < 4.78 is 24.9. The van der Waals surface area contributed by atoms with Gasteiger partial charge in [-0.2, -0.15) is 0 Å². The first-order valence-electron chi connectivity index (χ1n) is 9.53. The van der Waals surface area contributed by atoms with Crippen molar-refractivity contribution >= 4 is 11.6 Å². The van der Waals surface area contributed by atoms with Crippen molar-refractivity contribution in [2.75, 3.05) is 6.61 Å². The molecule has 0 aromatic heterocycles. The van der Waals surface area contributed by atoms with E-state index in [1.807, 2.05) is 36.4 Å². The first-order valence-corrected chi connectivity index (χ1v) is 9.91. The third-order valence-corrected chi connectivity index (χ3v) is 5.26. The summed E-state index contributed by atoms with van der Waals surface area (Å²) in [6.07, 6.45) is 2.52. The molecular formula is C24H22ClFO2. The molecule has 4 heteroatoms. The standard InChI is InChI=1S/C24H22ClFO2/c25-20-8-6-19(7-9-20)24(18-4-5-18)16-27-15-17-2-1-3-23(14-17)28-22-12-10-21(26)11-13-22/h1-3,6-14,18,24H,4-5,15-16H2. The van der Waals surface area contributed by atoms with Crippen LogP contribution in [0.5, 0.6) is 11.5 Å². The Kier molecular flexibility index (Phi) is 5.94. The van der Waals surface area contributed by atoms with Crippen LogP contribution in [0.3, 0.4) is 0 Å². The van der Waals surface area contributed by atoms with Crippen molar-refractivity contribution in [2.24, 2.45) is 5.92 Å². The normalized spacial score (nSPS) is 14.6. The molecule has 3 aromatic rings. The van der Waals surface area contributed by atoms with Crippen LogP contribution in [-0.4, -0.2) is 6.61 Å². The highest BCUT2D eigenvalue weighted by Crippen LogP contribution is 2.43. The lowest BCUT2D eigenvalue weighted by atomic mass is 9.95. The number of halogens is 2. The van der Waals surface area contributed by atoms with Gasteiger partial charge in [0.05, 0.1) is 13.2 Å². The summed E-state index contributed by atoms with van der Waals surface area (Å²) in [7, 11) is 0. The summed E-state index contributed by atoms with van der Waals surface area (Å²) in [6.45, 7) is 1.22. The van der Waals surface area contributed by atoms with Gasteiger partial charge in [0.15, 0.2) is 0 Å². The molecule has 0 aliphatic heterocycles. The maximum Gasteiger partial charge on any atom is 0.127 e. The van der Waals surface area contributed by atoms with Crippen LogP contribution in [0.15, 0.2) is 72.8 Å². The number of rotatable bonds is 8. The van der Waals surface area contributed by atoms with E-state index >= 15 is 0 Å². The Hall–Kier alpha value is -2.36. The summed E-state index contributed by atoms with van der Waals surface area (Å²) in [5.41, 5.74) is 2.34. The molecule has 1 aliphatic carbocycles. The first kappa shape index (κ1) is 19.0. The highest BCUT2D eigenvalue weighted by Gasteiger charge is 2.32. The molecule has 4 rings (SSSR count). The predicted octanol–water partition coefficient (Wildman–Crippen LogP) is 6.98. The quantitative estimate of drug-likeness (QED) is 0.408. The van der Waals surface area contributed by atoms with Gasteiger partial charge in [-0.25, -0.2) is 4.39 Å². The molecule has 0 amide bonds. The van der Waals surface area contributed by atoms with E-state index < -0.39 is 0 Å². The lowest BCUT2D eigenvalue weighted by Crippen LogP contribution is -2.10. The van der Waals surface area contributed by atoms with Gasteiger partial charge in [0.25, 0.3) is 0 Å². The summed E-state index contributed by atoms with van der Waals surface area (Å²) in [5.74, 6) is 2.16. The molecule has 0 heterocycles. The SMILES string of the molecule is Fc1ccc(Oc2cccc(COCC(c3ccc(Cl)cc3)C3CC3)c2)cc1.